The Hall–Kier alpha value is -3.27. The first-order valence-electron chi connectivity index (χ1n) is 8.76. The second-order valence-corrected chi connectivity index (χ2v) is 7.07. The Morgan fingerprint density at radius 2 is 2.03 bits per heavy atom. The van der Waals surface area contributed by atoms with Crippen LogP contribution in [0.1, 0.15) is 12.5 Å². The number of carbonyl (C=O) groups is 1. The summed E-state index contributed by atoms with van der Waals surface area (Å²) >= 11 is 1.18. The number of thioether (sulfide) groups is 1. The summed E-state index contributed by atoms with van der Waals surface area (Å²) in [5, 5.41) is 22.2. The van der Waals surface area contributed by atoms with E-state index in [4.69, 9.17) is 0 Å². The molecule has 0 spiro atoms. The Morgan fingerprint density at radius 3 is 2.69 bits per heavy atom. The zero-order chi connectivity index (χ0) is 21.0. The first kappa shape index (κ1) is 20.5. The van der Waals surface area contributed by atoms with Gasteiger partial charge < -0.3 is 9.88 Å². The number of rotatable bonds is 7. The fourth-order valence-electron chi connectivity index (χ4n) is 2.74. The molecule has 3 aromatic rings. The van der Waals surface area contributed by atoms with Gasteiger partial charge in [-0.1, -0.05) is 23.9 Å². The highest BCUT2D eigenvalue weighted by Crippen LogP contribution is 2.26. The van der Waals surface area contributed by atoms with Crippen molar-refractivity contribution in [2.75, 3.05) is 11.1 Å². The maximum atomic E-state index is 14.1. The van der Waals surface area contributed by atoms with Gasteiger partial charge in [-0.2, -0.15) is 0 Å². The van der Waals surface area contributed by atoms with E-state index in [1.54, 1.807) is 29.7 Å². The van der Waals surface area contributed by atoms with Gasteiger partial charge in [0.15, 0.2) is 11.0 Å². The highest BCUT2D eigenvalue weighted by atomic mass is 32.2. The van der Waals surface area contributed by atoms with Gasteiger partial charge >= 0.3 is 0 Å². The topological polar surface area (TPSA) is 103 Å². The largest absolute Gasteiger partial charge is 0.325 e. The average Bonchev–Trinajstić information content (AvgIpc) is 3.10. The first-order valence-corrected chi connectivity index (χ1v) is 9.75. The third-order valence-corrected chi connectivity index (χ3v) is 5.14. The lowest BCUT2D eigenvalue weighted by atomic mass is 10.2. The van der Waals surface area contributed by atoms with E-state index >= 15 is 0 Å². The summed E-state index contributed by atoms with van der Waals surface area (Å²) < 4.78 is 15.8. The van der Waals surface area contributed by atoms with Crippen molar-refractivity contribution in [1.29, 1.82) is 0 Å². The number of nitrogens with one attached hydrogen (secondary N) is 1. The number of hydrogen-bond donors (Lipinski definition) is 1. The van der Waals surface area contributed by atoms with Crippen LogP contribution in [0.5, 0.6) is 0 Å². The van der Waals surface area contributed by atoms with Crippen LogP contribution in [0.3, 0.4) is 0 Å². The molecular weight excluding hydrogens is 397 g/mol. The number of amides is 1. The molecule has 0 radical (unpaired) electrons. The van der Waals surface area contributed by atoms with Crippen molar-refractivity contribution in [3.8, 4) is 11.4 Å². The van der Waals surface area contributed by atoms with Crippen molar-refractivity contribution in [3.05, 3.63) is 64.0 Å². The van der Waals surface area contributed by atoms with E-state index in [1.165, 1.54) is 36.0 Å². The SMILES string of the molecule is CCn1c(SCC(=O)Nc2ccc([N+](=O)[O-])cc2C)nnc1-c1ccccc1F. The summed E-state index contributed by atoms with van der Waals surface area (Å²) in [5.74, 6) is -0.214. The standard InChI is InChI=1S/C19H18FN5O3S/c1-3-24-18(14-6-4-5-7-15(14)20)22-23-19(24)29-11-17(26)21-16-9-8-13(25(27)28)10-12(16)2/h4-10H,3,11H2,1-2H3,(H,21,26). The third kappa shape index (κ3) is 4.60. The highest BCUT2D eigenvalue weighted by molar-refractivity contribution is 7.99. The summed E-state index contributed by atoms with van der Waals surface area (Å²) in [6, 6.07) is 10.6. The highest BCUT2D eigenvalue weighted by Gasteiger charge is 2.17. The Bertz CT molecular complexity index is 1070. The van der Waals surface area contributed by atoms with Gasteiger partial charge in [0.05, 0.1) is 16.2 Å². The number of carbonyl (C=O) groups excluding carboxylic acids is 1. The second-order valence-electron chi connectivity index (χ2n) is 6.12. The van der Waals surface area contributed by atoms with Crippen molar-refractivity contribution >= 4 is 29.0 Å². The predicted octanol–water partition coefficient (Wildman–Crippen LogP) is 4.05. The lowest BCUT2D eigenvalue weighted by molar-refractivity contribution is -0.384. The minimum atomic E-state index is -0.487. The maximum absolute atomic E-state index is 14.1. The van der Waals surface area contributed by atoms with E-state index in [-0.39, 0.29) is 17.3 Å². The summed E-state index contributed by atoms with van der Waals surface area (Å²) in [7, 11) is 0. The number of anilines is 1. The maximum Gasteiger partial charge on any atom is 0.269 e. The summed E-state index contributed by atoms with van der Waals surface area (Å²) in [6.07, 6.45) is 0. The van der Waals surface area contributed by atoms with E-state index in [0.29, 0.717) is 34.3 Å². The van der Waals surface area contributed by atoms with Crippen LogP contribution < -0.4 is 5.32 Å². The van der Waals surface area contributed by atoms with E-state index < -0.39 is 10.7 Å². The number of aryl methyl sites for hydroxylation is 1. The zero-order valence-corrected chi connectivity index (χ0v) is 16.6. The number of nitro groups is 1. The number of halogens is 1. The minimum Gasteiger partial charge on any atom is -0.325 e. The fraction of sp³-hybridized carbons (Fsp3) is 0.211. The molecule has 0 aliphatic heterocycles. The molecule has 29 heavy (non-hydrogen) atoms. The molecule has 0 unspecified atom stereocenters. The van der Waals surface area contributed by atoms with Gasteiger partial charge in [0.25, 0.3) is 5.69 Å². The van der Waals surface area contributed by atoms with Gasteiger partial charge in [-0.25, -0.2) is 4.39 Å². The molecule has 0 aliphatic rings. The monoisotopic (exact) mass is 415 g/mol. The molecule has 3 rings (SSSR count). The molecule has 2 aromatic carbocycles. The molecule has 10 heteroatoms. The summed E-state index contributed by atoms with van der Waals surface area (Å²) in [5.41, 5.74) is 1.41. The molecule has 8 nitrogen and oxygen atoms in total. The predicted molar refractivity (Wildman–Crippen MR) is 108 cm³/mol. The van der Waals surface area contributed by atoms with Crippen LogP contribution in [0, 0.1) is 22.9 Å². The van der Waals surface area contributed by atoms with Gasteiger partial charge in [-0.05, 0) is 37.6 Å². The zero-order valence-electron chi connectivity index (χ0n) is 15.8. The molecule has 1 heterocycles. The molecule has 1 N–H and O–H groups in total. The first-order chi connectivity index (χ1) is 13.9. The van der Waals surface area contributed by atoms with Crippen LogP contribution in [0.4, 0.5) is 15.8 Å². The normalized spacial score (nSPS) is 10.7. The Morgan fingerprint density at radius 1 is 1.28 bits per heavy atom. The van der Waals surface area contributed by atoms with Crippen molar-refractivity contribution in [2.45, 2.75) is 25.5 Å². The molecule has 0 aliphatic carbocycles. The molecule has 0 saturated carbocycles. The Labute approximate surface area is 170 Å². The van der Waals surface area contributed by atoms with Crippen molar-refractivity contribution in [3.63, 3.8) is 0 Å². The average molecular weight is 415 g/mol. The molecule has 150 valence electrons. The van der Waals surface area contributed by atoms with Crippen LogP contribution in [-0.2, 0) is 11.3 Å². The fourth-order valence-corrected chi connectivity index (χ4v) is 3.54. The van der Waals surface area contributed by atoms with Crippen LogP contribution in [0.2, 0.25) is 0 Å². The second kappa shape index (κ2) is 8.82. The van der Waals surface area contributed by atoms with Gasteiger partial charge in [-0.3, -0.25) is 14.9 Å². The quantitative estimate of drug-likeness (QED) is 0.355. The molecular formula is C19H18FN5O3S. The van der Waals surface area contributed by atoms with Gasteiger partial charge in [0.2, 0.25) is 5.91 Å². The van der Waals surface area contributed by atoms with Crippen molar-refractivity contribution in [2.24, 2.45) is 0 Å². The van der Waals surface area contributed by atoms with Crippen molar-refractivity contribution in [1.82, 2.24) is 14.8 Å². The summed E-state index contributed by atoms with van der Waals surface area (Å²) in [4.78, 5) is 22.6. The smallest absolute Gasteiger partial charge is 0.269 e. The summed E-state index contributed by atoms with van der Waals surface area (Å²) in [6.45, 7) is 4.09. The third-order valence-electron chi connectivity index (χ3n) is 4.18. The number of non-ortho nitro benzene ring substituents is 1. The van der Waals surface area contributed by atoms with Crippen LogP contribution >= 0.6 is 11.8 Å². The van der Waals surface area contributed by atoms with Crippen LogP contribution in [0.15, 0.2) is 47.6 Å². The molecule has 0 bridgehead atoms. The van der Waals surface area contributed by atoms with E-state index in [0.717, 1.165) is 0 Å². The number of hydrogen-bond acceptors (Lipinski definition) is 6. The van der Waals surface area contributed by atoms with E-state index in [1.807, 2.05) is 6.92 Å². The van der Waals surface area contributed by atoms with Gasteiger partial charge in [-0.15, -0.1) is 10.2 Å². The Kier molecular flexibility index (Phi) is 6.23. The molecule has 0 fully saturated rings. The van der Waals surface area contributed by atoms with E-state index in [2.05, 4.69) is 15.5 Å². The van der Waals surface area contributed by atoms with Gasteiger partial charge in [0, 0.05) is 24.4 Å². The molecule has 1 amide bonds. The number of nitrogens with zero attached hydrogens (tertiary/aromatic N) is 4. The van der Waals surface area contributed by atoms with Crippen LogP contribution in [0.25, 0.3) is 11.4 Å². The lowest BCUT2D eigenvalue weighted by Gasteiger charge is -2.09. The van der Waals surface area contributed by atoms with Crippen LogP contribution in [-0.4, -0.2) is 31.3 Å². The number of aromatic nitrogens is 3. The van der Waals surface area contributed by atoms with E-state index in [9.17, 15) is 19.3 Å². The van der Waals surface area contributed by atoms with Crippen molar-refractivity contribution < 1.29 is 14.1 Å². The number of benzene rings is 2. The molecule has 0 atom stereocenters. The Balaban J connectivity index is 1.70. The minimum absolute atomic E-state index is 0.0356. The van der Waals surface area contributed by atoms with Gasteiger partial charge in [0.1, 0.15) is 5.82 Å². The molecule has 0 saturated heterocycles. The lowest BCUT2D eigenvalue weighted by Crippen LogP contribution is -2.15. The number of nitro benzene ring substituents is 1. The molecule has 1 aromatic heterocycles.